The number of carbonyl (C=O) groups is 2. The van der Waals surface area contributed by atoms with Crippen molar-refractivity contribution < 1.29 is 14.3 Å². The molecular weight excluding hydrogens is 266 g/mol. The molecule has 1 amide bonds. The number of amides is 1. The molecule has 124 valence electrons. The van der Waals surface area contributed by atoms with E-state index in [2.05, 4.69) is 5.32 Å². The van der Waals surface area contributed by atoms with Crippen molar-refractivity contribution in [3.63, 3.8) is 0 Å². The first-order valence-corrected chi connectivity index (χ1v) is 8.25. The monoisotopic (exact) mass is 299 g/mol. The molecule has 0 spiro atoms. The first kappa shape index (κ1) is 20.1. The zero-order chi connectivity index (χ0) is 16.1. The summed E-state index contributed by atoms with van der Waals surface area (Å²) < 4.78 is 5.29. The van der Waals surface area contributed by atoms with Gasteiger partial charge >= 0.3 is 0 Å². The summed E-state index contributed by atoms with van der Waals surface area (Å²) in [5, 5.41) is 2.97. The summed E-state index contributed by atoms with van der Waals surface area (Å²) in [5.41, 5.74) is -0.293. The Kier molecular flexibility index (Phi) is 11.2. The molecule has 0 aliphatic carbocycles. The van der Waals surface area contributed by atoms with Gasteiger partial charge in [-0.15, -0.1) is 0 Å². The molecular formula is C17H33NO3. The first-order valence-electron chi connectivity index (χ1n) is 8.25. The summed E-state index contributed by atoms with van der Waals surface area (Å²) in [6, 6.07) is 0. The van der Waals surface area contributed by atoms with E-state index in [0.29, 0.717) is 13.0 Å². The van der Waals surface area contributed by atoms with Crippen LogP contribution in [0.25, 0.3) is 0 Å². The van der Waals surface area contributed by atoms with Crippen LogP contribution in [0.4, 0.5) is 0 Å². The Morgan fingerprint density at radius 1 is 0.952 bits per heavy atom. The van der Waals surface area contributed by atoms with Crippen molar-refractivity contribution in [3.8, 4) is 0 Å². The molecule has 1 N–H and O–H groups in total. The molecule has 0 aromatic heterocycles. The van der Waals surface area contributed by atoms with Crippen molar-refractivity contribution >= 4 is 11.7 Å². The maximum Gasteiger partial charge on any atom is 0.225 e. The third-order valence-corrected chi connectivity index (χ3v) is 3.34. The second-order valence-electron chi connectivity index (χ2n) is 6.57. The van der Waals surface area contributed by atoms with Crippen LogP contribution < -0.4 is 5.32 Å². The van der Waals surface area contributed by atoms with Gasteiger partial charge in [0.25, 0.3) is 0 Å². The predicted octanol–water partition coefficient (Wildman–Crippen LogP) is 3.49. The lowest BCUT2D eigenvalue weighted by Gasteiger charge is -2.17. The maximum atomic E-state index is 11.6. The molecule has 0 bridgehead atoms. The fourth-order valence-corrected chi connectivity index (χ4v) is 1.79. The zero-order valence-corrected chi connectivity index (χ0v) is 14.3. The molecule has 0 unspecified atom stereocenters. The molecule has 0 atom stereocenters. The second-order valence-corrected chi connectivity index (χ2v) is 6.57. The van der Waals surface area contributed by atoms with Crippen LogP contribution in [0, 0.1) is 5.41 Å². The molecule has 0 aliphatic rings. The second kappa shape index (κ2) is 11.7. The average molecular weight is 299 g/mol. The molecule has 0 fully saturated rings. The molecule has 0 radical (unpaired) electrons. The normalized spacial score (nSPS) is 11.4. The molecule has 0 rings (SSSR count). The molecule has 0 heterocycles. The standard InChI is InChI=1S/C17H33NO3/c1-5-15(19)14-21-13-11-9-7-6-8-10-12-18-16(20)17(2,3)4/h5-14H2,1-4H3,(H,18,20). The highest BCUT2D eigenvalue weighted by molar-refractivity contribution is 5.81. The summed E-state index contributed by atoms with van der Waals surface area (Å²) in [6.45, 7) is 9.38. The number of Topliss-reactive ketones (excluding diaryl/α,β-unsaturated/α-hetero) is 1. The van der Waals surface area contributed by atoms with E-state index in [1.165, 1.54) is 12.8 Å². The van der Waals surface area contributed by atoms with Gasteiger partial charge in [-0.1, -0.05) is 53.4 Å². The maximum absolute atomic E-state index is 11.6. The predicted molar refractivity (Wildman–Crippen MR) is 86.3 cm³/mol. The van der Waals surface area contributed by atoms with Gasteiger partial charge in [-0.2, -0.15) is 0 Å². The molecule has 0 saturated heterocycles. The average Bonchev–Trinajstić information content (AvgIpc) is 2.43. The Bertz CT molecular complexity index is 295. The number of hydrogen-bond donors (Lipinski definition) is 1. The third-order valence-electron chi connectivity index (χ3n) is 3.34. The highest BCUT2D eigenvalue weighted by Crippen LogP contribution is 2.12. The molecule has 21 heavy (non-hydrogen) atoms. The fraction of sp³-hybridized carbons (Fsp3) is 0.882. The van der Waals surface area contributed by atoms with Crippen LogP contribution in [0.3, 0.4) is 0 Å². The van der Waals surface area contributed by atoms with Crippen LogP contribution >= 0.6 is 0 Å². The third kappa shape index (κ3) is 12.5. The Morgan fingerprint density at radius 3 is 2.10 bits per heavy atom. The van der Waals surface area contributed by atoms with Crippen LogP contribution in [0.1, 0.15) is 72.6 Å². The van der Waals surface area contributed by atoms with Crippen LogP contribution in [-0.4, -0.2) is 31.4 Å². The lowest BCUT2D eigenvalue weighted by Crippen LogP contribution is -2.35. The first-order chi connectivity index (χ1) is 9.88. The van der Waals surface area contributed by atoms with Gasteiger partial charge in [0, 0.05) is 25.0 Å². The number of rotatable bonds is 12. The Labute approximate surface area is 130 Å². The van der Waals surface area contributed by atoms with E-state index >= 15 is 0 Å². The Hall–Kier alpha value is -0.900. The smallest absolute Gasteiger partial charge is 0.225 e. The van der Waals surface area contributed by atoms with Crippen molar-refractivity contribution in [2.45, 2.75) is 72.6 Å². The SMILES string of the molecule is CCC(=O)COCCCCCCCCNC(=O)C(C)(C)C. The molecule has 4 heteroatoms. The number of ether oxygens (including phenoxy) is 1. The number of hydrogen-bond acceptors (Lipinski definition) is 3. The van der Waals surface area contributed by atoms with Crippen LogP contribution in [0.15, 0.2) is 0 Å². The van der Waals surface area contributed by atoms with Gasteiger partial charge in [0.05, 0.1) is 0 Å². The Balaban J connectivity index is 3.23. The molecule has 0 saturated carbocycles. The van der Waals surface area contributed by atoms with Crippen molar-refractivity contribution in [1.82, 2.24) is 5.32 Å². The van der Waals surface area contributed by atoms with Crippen molar-refractivity contribution in [3.05, 3.63) is 0 Å². The van der Waals surface area contributed by atoms with E-state index in [9.17, 15) is 9.59 Å². The number of nitrogens with one attached hydrogen (secondary N) is 1. The molecule has 4 nitrogen and oxygen atoms in total. The molecule has 0 aromatic rings. The topological polar surface area (TPSA) is 55.4 Å². The zero-order valence-electron chi connectivity index (χ0n) is 14.3. The fourth-order valence-electron chi connectivity index (χ4n) is 1.79. The van der Waals surface area contributed by atoms with E-state index in [1.807, 2.05) is 27.7 Å². The lowest BCUT2D eigenvalue weighted by molar-refractivity contribution is -0.128. The van der Waals surface area contributed by atoms with E-state index in [-0.39, 0.29) is 23.7 Å². The summed E-state index contributed by atoms with van der Waals surface area (Å²) in [6.07, 6.45) is 7.32. The van der Waals surface area contributed by atoms with Crippen molar-refractivity contribution in [1.29, 1.82) is 0 Å². The van der Waals surface area contributed by atoms with Crippen LogP contribution in [0.2, 0.25) is 0 Å². The highest BCUT2D eigenvalue weighted by atomic mass is 16.5. The van der Waals surface area contributed by atoms with Gasteiger partial charge in [-0.05, 0) is 12.8 Å². The van der Waals surface area contributed by atoms with Gasteiger partial charge in [0.15, 0.2) is 5.78 Å². The van der Waals surface area contributed by atoms with Gasteiger partial charge < -0.3 is 10.1 Å². The van der Waals surface area contributed by atoms with E-state index in [1.54, 1.807) is 0 Å². The summed E-state index contributed by atoms with van der Waals surface area (Å²) in [7, 11) is 0. The van der Waals surface area contributed by atoms with E-state index < -0.39 is 0 Å². The minimum atomic E-state index is -0.293. The number of unbranched alkanes of at least 4 members (excludes halogenated alkanes) is 5. The summed E-state index contributed by atoms with van der Waals surface area (Å²) >= 11 is 0. The largest absolute Gasteiger partial charge is 0.374 e. The number of carbonyl (C=O) groups excluding carboxylic acids is 2. The van der Waals surface area contributed by atoms with Crippen molar-refractivity contribution in [2.75, 3.05) is 19.8 Å². The summed E-state index contributed by atoms with van der Waals surface area (Å²) in [4.78, 5) is 22.6. The van der Waals surface area contributed by atoms with Crippen LogP contribution in [0.5, 0.6) is 0 Å². The van der Waals surface area contributed by atoms with Crippen LogP contribution in [-0.2, 0) is 14.3 Å². The van der Waals surface area contributed by atoms with E-state index in [4.69, 9.17) is 4.74 Å². The minimum absolute atomic E-state index is 0.126. The summed E-state index contributed by atoms with van der Waals surface area (Å²) in [5.74, 6) is 0.300. The highest BCUT2D eigenvalue weighted by Gasteiger charge is 2.19. The van der Waals surface area contributed by atoms with Gasteiger partial charge in [-0.3, -0.25) is 9.59 Å². The Morgan fingerprint density at radius 2 is 1.52 bits per heavy atom. The van der Waals surface area contributed by atoms with Gasteiger partial charge in [0.2, 0.25) is 5.91 Å². The van der Waals surface area contributed by atoms with Gasteiger partial charge in [-0.25, -0.2) is 0 Å². The quantitative estimate of drug-likeness (QED) is 0.561. The van der Waals surface area contributed by atoms with Gasteiger partial charge in [0.1, 0.15) is 6.61 Å². The van der Waals surface area contributed by atoms with E-state index in [0.717, 1.165) is 32.2 Å². The number of ketones is 1. The molecule has 0 aromatic carbocycles. The lowest BCUT2D eigenvalue weighted by atomic mass is 9.96. The minimum Gasteiger partial charge on any atom is -0.374 e. The molecule has 0 aliphatic heterocycles. The van der Waals surface area contributed by atoms with Crippen molar-refractivity contribution in [2.24, 2.45) is 5.41 Å².